The minimum atomic E-state index is 0.642. The van der Waals surface area contributed by atoms with Gasteiger partial charge in [-0.15, -0.1) is 0 Å². The molecule has 3 heteroatoms. The zero-order valence-electron chi connectivity index (χ0n) is 14.0. The Labute approximate surface area is 129 Å². The molecule has 0 spiro atoms. The number of benzene rings is 1. The van der Waals surface area contributed by atoms with E-state index in [0.29, 0.717) is 6.04 Å². The Morgan fingerprint density at radius 2 is 2.00 bits per heavy atom. The quantitative estimate of drug-likeness (QED) is 0.752. The molecule has 118 valence electrons. The van der Waals surface area contributed by atoms with Gasteiger partial charge < -0.3 is 10.1 Å². The Morgan fingerprint density at radius 1 is 1.29 bits per heavy atom. The van der Waals surface area contributed by atoms with Gasteiger partial charge in [0.2, 0.25) is 0 Å². The van der Waals surface area contributed by atoms with Crippen molar-refractivity contribution in [2.75, 3.05) is 14.2 Å². The second kappa shape index (κ2) is 7.81. The van der Waals surface area contributed by atoms with E-state index < -0.39 is 0 Å². The van der Waals surface area contributed by atoms with Gasteiger partial charge in [0.15, 0.2) is 0 Å². The van der Waals surface area contributed by atoms with Crippen molar-refractivity contribution < 1.29 is 4.74 Å². The summed E-state index contributed by atoms with van der Waals surface area (Å²) in [5.74, 6) is 1.00. The molecule has 0 unspecified atom stereocenters. The zero-order chi connectivity index (χ0) is 15.2. The van der Waals surface area contributed by atoms with Crippen molar-refractivity contribution in [3.8, 4) is 5.75 Å². The third-order valence-corrected chi connectivity index (χ3v) is 4.50. The first-order valence-electron chi connectivity index (χ1n) is 8.27. The van der Waals surface area contributed by atoms with Crippen LogP contribution in [0.2, 0.25) is 0 Å². The molecule has 0 atom stereocenters. The molecule has 1 aromatic carbocycles. The van der Waals surface area contributed by atoms with Crippen molar-refractivity contribution in [2.45, 2.75) is 64.7 Å². The van der Waals surface area contributed by atoms with Crippen LogP contribution in [0.25, 0.3) is 0 Å². The van der Waals surface area contributed by atoms with Crippen molar-refractivity contribution in [1.29, 1.82) is 0 Å². The maximum absolute atomic E-state index is 5.54. The fourth-order valence-electron chi connectivity index (χ4n) is 2.92. The molecule has 0 heterocycles. The minimum absolute atomic E-state index is 0.642. The first-order valence-corrected chi connectivity index (χ1v) is 8.27. The number of nitrogens with zero attached hydrogens (tertiary/aromatic N) is 1. The first-order chi connectivity index (χ1) is 10.2. The summed E-state index contributed by atoms with van der Waals surface area (Å²) in [6, 6.07) is 7.98. The molecule has 0 saturated heterocycles. The molecular weight excluding hydrogens is 260 g/mol. The SMILES string of the molecule is CCC(CC)N(C)Cc1cc(CNC2CC2)ccc1OC. The maximum atomic E-state index is 5.54. The molecule has 0 aliphatic heterocycles. The van der Waals surface area contributed by atoms with Crippen LogP contribution in [-0.4, -0.2) is 31.1 Å². The Balaban J connectivity index is 2.05. The molecule has 1 aliphatic carbocycles. The third-order valence-electron chi connectivity index (χ3n) is 4.50. The highest BCUT2D eigenvalue weighted by Gasteiger charge is 2.20. The molecule has 1 saturated carbocycles. The molecule has 1 fully saturated rings. The van der Waals surface area contributed by atoms with Crippen LogP contribution in [0.1, 0.15) is 50.7 Å². The Kier molecular flexibility index (Phi) is 6.07. The van der Waals surface area contributed by atoms with Crippen molar-refractivity contribution in [2.24, 2.45) is 0 Å². The summed E-state index contributed by atoms with van der Waals surface area (Å²) in [5, 5.41) is 3.58. The fourth-order valence-corrected chi connectivity index (χ4v) is 2.92. The number of hydrogen-bond acceptors (Lipinski definition) is 3. The average Bonchev–Trinajstić information content (AvgIpc) is 3.31. The lowest BCUT2D eigenvalue weighted by Gasteiger charge is -2.27. The normalized spacial score (nSPS) is 15.0. The van der Waals surface area contributed by atoms with Crippen LogP contribution in [0.15, 0.2) is 18.2 Å². The van der Waals surface area contributed by atoms with Crippen LogP contribution in [0.5, 0.6) is 5.75 Å². The van der Waals surface area contributed by atoms with E-state index in [1.807, 2.05) is 0 Å². The van der Waals surface area contributed by atoms with Gasteiger partial charge in [0, 0.05) is 30.7 Å². The summed E-state index contributed by atoms with van der Waals surface area (Å²) in [5.41, 5.74) is 2.65. The van der Waals surface area contributed by atoms with E-state index in [0.717, 1.165) is 24.9 Å². The first kappa shape index (κ1) is 16.3. The Morgan fingerprint density at radius 3 is 2.57 bits per heavy atom. The summed E-state index contributed by atoms with van der Waals surface area (Å²) >= 11 is 0. The monoisotopic (exact) mass is 290 g/mol. The molecule has 0 bridgehead atoms. The summed E-state index contributed by atoms with van der Waals surface area (Å²) in [6.45, 7) is 6.44. The van der Waals surface area contributed by atoms with Crippen LogP contribution in [0.3, 0.4) is 0 Å². The van der Waals surface area contributed by atoms with Crippen molar-refractivity contribution in [1.82, 2.24) is 10.2 Å². The average molecular weight is 290 g/mol. The van der Waals surface area contributed by atoms with E-state index >= 15 is 0 Å². The Hall–Kier alpha value is -1.06. The van der Waals surface area contributed by atoms with Crippen molar-refractivity contribution >= 4 is 0 Å². The van der Waals surface area contributed by atoms with Crippen LogP contribution in [-0.2, 0) is 13.1 Å². The van der Waals surface area contributed by atoms with Crippen LogP contribution in [0, 0.1) is 0 Å². The van der Waals surface area contributed by atoms with Gasteiger partial charge in [0.1, 0.15) is 5.75 Å². The fraction of sp³-hybridized carbons (Fsp3) is 0.667. The molecule has 0 amide bonds. The lowest BCUT2D eigenvalue weighted by molar-refractivity contribution is 0.219. The van der Waals surface area contributed by atoms with Gasteiger partial charge in [-0.05, 0) is 50.4 Å². The number of ether oxygens (including phenoxy) is 1. The molecule has 1 aliphatic rings. The van der Waals surface area contributed by atoms with Crippen LogP contribution in [0.4, 0.5) is 0 Å². The predicted molar refractivity (Wildman–Crippen MR) is 88.7 cm³/mol. The minimum Gasteiger partial charge on any atom is -0.496 e. The summed E-state index contributed by atoms with van der Waals surface area (Å²) in [4.78, 5) is 2.44. The lowest BCUT2D eigenvalue weighted by atomic mass is 10.1. The highest BCUT2D eigenvalue weighted by molar-refractivity contribution is 5.37. The van der Waals surface area contributed by atoms with Gasteiger partial charge in [0.05, 0.1) is 7.11 Å². The van der Waals surface area contributed by atoms with Gasteiger partial charge in [-0.2, -0.15) is 0 Å². The van der Waals surface area contributed by atoms with E-state index in [2.05, 4.69) is 49.3 Å². The standard InChI is InChI=1S/C18H30N2O/c1-5-17(6-2)20(3)13-15-11-14(7-10-18(15)21-4)12-19-16-8-9-16/h7,10-11,16-17,19H,5-6,8-9,12-13H2,1-4H3. The van der Waals surface area contributed by atoms with Crippen LogP contribution >= 0.6 is 0 Å². The van der Waals surface area contributed by atoms with Crippen LogP contribution < -0.4 is 10.1 Å². The lowest BCUT2D eigenvalue weighted by Crippen LogP contribution is -2.30. The Bertz CT molecular complexity index is 439. The summed E-state index contributed by atoms with van der Waals surface area (Å²) < 4.78 is 5.54. The maximum Gasteiger partial charge on any atom is 0.123 e. The van der Waals surface area contributed by atoms with E-state index in [4.69, 9.17) is 4.74 Å². The molecule has 1 aromatic rings. The number of hydrogen-bond donors (Lipinski definition) is 1. The second-order valence-corrected chi connectivity index (χ2v) is 6.19. The highest BCUT2D eigenvalue weighted by Crippen LogP contribution is 2.24. The smallest absolute Gasteiger partial charge is 0.123 e. The topological polar surface area (TPSA) is 24.5 Å². The highest BCUT2D eigenvalue weighted by atomic mass is 16.5. The molecule has 21 heavy (non-hydrogen) atoms. The largest absolute Gasteiger partial charge is 0.496 e. The number of rotatable bonds is 9. The number of nitrogens with one attached hydrogen (secondary N) is 1. The number of methoxy groups -OCH3 is 1. The van der Waals surface area contributed by atoms with E-state index in [-0.39, 0.29) is 0 Å². The second-order valence-electron chi connectivity index (χ2n) is 6.19. The van der Waals surface area contributed by atoms with E-state index in [1.165, 1.54) is 36.8 Å². The molecule has 2 rings (SSSR count). The summed E-state index contributed by atoms with van der Waals surface area (Å²) in [7, 11) is 3.98. The molecular formula is C18H30N2O. The molecule has 3 nitrogen and oxygen atoms in total. The van der Waals surface area contributed by atoms with Crippen molar-refractivity contribution in [3.63, 3.8) is 0 Å². The molecule has 1 N–H and O–H groups in total. The van der Waals surface area contributed by atoms with Gasteiger partial charge in [-0.1, -0.05) is 19.9 Å². The van der Waals surface area contributed by atoms with Gasteiger partial charge in [0.25, 0.3) is 0 Å². The zero-order valence-corrected chi connectivity index (χ0v) is 14.0. The van der Waals surface area contributed by atoms with Gasteiger partial charge >= 0.3 is 0 Å². The predicted octanol–water partition coefficient (Wildman–Crippen LogP) is 3.57. The third kappa shape index (κ3) is 4.72. The van der Waals surface area contributed by atoms with Gasteiger partial charge in [-0.3, -0.25) is 4.90 Å². The molecule has 0 radical (unpaired) electrons. The summed E-state index contributed by atoms with van der Waals surface area (Å²) in [6.07, 6.45) is 5.05. The van der Waals surface area contributed by atoms with Crippen molar-refractivity contribution in [3.05, 3.63) is 29.3 Å². The van der Waals surface area contributed by atoms with Gasteiger partial charge in [-0.25, -0.2) is 0 Å². The molecule has 0 aromatic heterocycles. The van der Waals surface area contributed by atoms with E-state index in [1.54, 1.807) is 7.11 Å². The van der Waals surface area contributed by atoms with E-state index in [9.17, 15) is 0 Å².